The van der Waals surface area contributed by atoms with E-state index in [4.69, 9.17) is 4.74 Å². The van der Waals surface area contributed by atoms with Gasteiger partial charge in [0.1, 0.15) is 11.5 Å². The molecule has 0 bridgehead atoms. The Kier molecular flexibility index (Phi) is 6.05. The van der Waals surface area contributed by atoms with Crippen molar-refractivity contribution < 1.29 is 19.4 Å². The molecule has 7 nitrogen and oxygen atoms in total. The van der Waals surface area contributed by atoms with Gasteiger partial charge in [0.05, 0.1) is 28.4 Å². The third-order valence-corrected chi connectivity index (χ3v) is 6.88. The van der Waals surface area contributed by atoms with E-state index in [-0.39, 0.29) is 11.3 Å². The van der Waals surface area contributed by atoms with Gasteiger partial charge in [-0.2, -0.15) is 0 Å². The van der Waals surface area contributed by atoms with Crippen LogP contribution in [0, 0.1) is 6.92 Å². The van der Waals surface area contributed by atoms with Crippen molar-refractivity contribution in [3.05, 3.63) is 89.3 Å². The first-order valence-electron chi connectivity index (χ1n) is 11.3. The second-order valence-electron chi connectivity index (χ2n) is 8.25. The maximum absolute atomic E-state index is 13.3. The average Bonchev–Trinajstić information content (AvgIpc) is 3.41. The summed E-state index contributed by atoms with van der Waals surface area (Å²) in [6, 6.07) is 15.4. The highest BCUT2D eigenvalue weighted by Crippen LogP contribution is 2.44. The van der Waals surface area contributed by atoms with E-state index in [9.17, 15) is 14.7 Å². The van der Waals surface area contributed by atoms with Crippen LogP contribution in [0.1, 0.15) is 36.1 Å². The molecule has 1 saturated heterocycles. The van der Waals surface area contributed by atoms with Crippen LogP contribution in [0.25, 0.3) is 16.0 Å². The first kappa shape index (κ1) is 22.7. The van der Waals surface area contributed by atoms with Crippen molar-refractivity contribution >= 4 is 44.1 Å². The number of nitrogens with zero attached hydrogens (tertiary/aromatic N) is 3. The molecule has 0 radical (unpaired) electrons. The number of rotatable bonds is 6. The van der Waals surface area contributed by atoms with E-state index in [1.807, 2.05) is 38.1 Å². The number of Topliss-reactive ketones (excluding diaryl/α,β-unsaturated/α-hetero) is 1. The number of hydrogen-bond acceptors (Lipinski definition) is 7. The number of para-hydroxylation sites is 1. The summed E-state index contributed by atoms with van der Waals surface area (Å²) in [6.45, 7) is 4.49. The first-order valence-corrected chi connectivity index (χ1v) is 12.1. The zero-order valence-corrected chi connectivity index (χ0v) is 20.1. The third-order valence-electron chi connectivity index (χ3n) is 5.84. The van der Waals surface area contributed by atoms with Crippen LogP contribution < -0.4 is 9.64 Å². The van der Waals surface area contributed by atoms with Crippen molar-refractivity contribution in [1.82, 2.24) is 9.97 Å². The Morgan fingerprint density at radius 1 is 1.14 bits per heavy atom. The minimum atomic E-state index is -0.861. The minimum Gasteiger partial charge on any atom is -0.507 e. The van der Waals surface area contributed by atoms with Crippen LogP contribution in [0.3, 0.4) is 0 Å². The molecule has 2 aromatic heterocycles. The lowest BCUT2D eigenvalue weighted by Gasteiger charge is -2.22. The van der Waals surface area contributed by atoms with Crippen LogP contribution in [0.15, 0.2) is 72.6 Å². The number of fused-ring (bicyclic) bond motifs is 1. The Hall–Kier alpha value is -4.04. The van der Waals surface area contributed by atoms with Gasteiger partial charge < -0.3 is 9.84 Å². The van der Waals surface area contributed by atoms with E-state index in [0.717, 1.165) is 22.2 Å². The fraction of sp³-hybridized carbons (Fsp3) is 0.185. The molecule has 2 aromatic carbocycles. The smallest absolute Gasteiger partial charge is 0.301 e. The Morgan fingerprint density at radius 2 is 1.97 bits per heavy atom. The van der Waals surface area contributed by atoms with Crippen LogP contribution in [0.5, 0.6) is 5.75 Å². The Balaban J connectivity index is 1.65. The second-order valence-corrected chi connectivity index (χ2v) is 9.26. The third kappa shape index (κ3) is 4.06. The first-order chi connectivity index (χ1) is 17.0. The van der Waals surface area contributed by atoms with Gasteiger partial charge in [-0.15, -0.1) is 0 Å². The molecule has 5 rings (SSSR count). The predicted molar refractivity (Wildman–Crippen MR) is 136 cm³/mol. The summed E-state index contributed by atoms with van der Waals surface area (Å²) in [4.78, 5) is 36.8. The zero-order valence-electron chi connectivity index (χ0n) is 19.3. The number of ketones is 1. The van der Waals surface area contributed by atoms with Gasteiger partial charge in [0.15, 0.2) is 5.13 Å². The number of amides is 1. The van der Waals surface area contributed by atoms with Gasteiger partial charge in [0.25, 0.3) is 5.78 Å². The molecule has 0 saturated carbocycles. The molecule has 8 heteroatoms. The molecular weight excluding hydrogens is 462 g/mol. The summed E-state index contributed by atoms with van der Waals surface area (Å²) in [5.74, 6) is -1.04. The van der Waals surface area contributed by atoms with Crippen molar-refractivity contribution in [2.45, 2.75) is 26.3 Å². The van der Waals surface area contributed by atoms with Crippen molar-refractivity contribution in [3.8, 4) is 5.75 Å². The highest BCUT2D eigenvalue weighted by atomic mass is 32.1. The highest BCUT2D eigenvalue weighted by molar-refractivity contribution is 7.22. The van der Waals surface area contributed by atoms with E-state index in [0.29, 0.717) is 28.6 Å². The highest BCUT2D eigenvalue weighted by Gasteiger charge is 2.48. The van der Waals surface area contributed by atoms with Gasteiger partial charge in [0.2, 0.25) is 0 Å². The van der Waals surface area contributed by atoms with Crippen molar-refractivity contribution in [2.75, 3.05) is 11.5 Å². The number of thiazole rings is 1. The topological polar surface area (TPSA) is 92.6 Å². The van der Waals surface area contributed by atoms with Crippen LogP contribution in [0.4, 0.5) is 5.13 Å². The fourth-order valence-corrected chi connectivity index (χ4v) is 5.16. The van der Waals surface area contributed by atoms with Gasteiger partial charge in [-0.3, -0.25) is 19.5 Å². The molecular formula is C27H23N3O4S. The molecule has 1 amide bonds. The van der Waals surface area contributed by atoms with Crippen molar-refractivity contribution in [2.24, 2.45) is 0 Å². The summed E-state index contributed by atoms with van der Waals surface area (Å²) in [6.07, 6.45) is 4.09. The molecule has 1 N–H and O–H groups in total. The van der Waals surface area contributed by atoms with Gasteiger partial charge in [-0.05, 0) is 60.9 Å². The fourth-order valence-electron chi connectivity index (χ4n) is 4.17. The normalized spacial score (nSPS) is 17.3. The van der Waals surface area contributed by atoms with Crippen molar-refractivity contribution in [1.29, 1.82) is 0 Å². The van der Waals surface area contributed by atoms with Gasteiger partial charge in [-0.25, -0.2) is 4.98 Å². The molecule has 0 aliphatic carbocycles. The van der Waals surface area contributed by atoms with Crippen LogP contribution in [0.2, 0.25) is 0 Å². The lowest BCUT2D eigenvalue weighted by atomic mass is 9.96. The van der Waals surface area contributed by atoms with Crippen LogP contribution in [-0.2, 0) is 9.59 Å². The van der Waals surface area contributed by atoms with Crippen LogP contribution in [-0.4, -0.2) is 33.4 Å². The molecule has 176 valence electrons. The molecule has 4 aromatic rings. The predicted octanol–water partition coefficient (Wildman–Crippen LogP) is 5.41. The van der Waals surface area contributed by atoms with E-state index in [1.54, 1.807) is 42.7 Å². The number of ether oxygens (including phenoxy) is 1. The average molecular weight is 486 g/mol. The summed E-state index contributed by atoms with van der Waals surface area (Å²) < 4.78 is 6.63. The largest absolute Gasteiger partial charge is 0.507 e. The molecule has 3 heterocycles. The molecule has 1 aliphatic rings. The number of carbonyl (C=O) groups is 2. The number of aryl methyl sites for hydroxylation is 1. The Bertz CT molecular complexity index is 1430. The number of benzene rings is 2. The van der Waals surface area contributed by atoms with Gasteiger partial charge in [-0.1, -0.05) is 36.5 Å². The maximum Gasteiger partial charge on any atom is 0.301 e. The number of aliphatic hydroxyl groups excluding tert-OH is 1. The quantitative estimate of drug-likeness (QED) is 0.223. The molecule has 1 fully saturated rings. The number of aliphatic hydroxyl groups is 1. The van der Waals surface area contributed by atoms with E-state index in [1.165, 1.54) is 16.2 Å². The Labute approximate surface area is 206 Å². The summed E-state index contributed by atoms with van der Waals surface area (Å²) in [5, 5.41) is 11.7. The summed E-state index contributed by atoms with van der Waals surface area (Å²) in [5.41, 5.74) is 2.59. The Morgan fingerprint density at radius 3 is 2.69 bits per heavy atom. The second kappa shape index (κ2) is 9.31. The molecule has 1 aliphatic heterocycles. The number of aromatic nitrogens is 2. The molecule has 1 atom stereocenters. The lowest BCUT2D eigenvalue weighted by molar-refractivity contribution is -0.132. The number of hydrogen-bond donors (Lipinski definition) is 1. The van der Waals surface area contributed by atoms with Gasteiger partial charge >= 0.3 is 5.91 Å². The zero-order chi connectivity index (χ0) is 24.5. The van der Waals surface area contributed by atoms with E-state index >= 15 is 0 Å². The molecule has 35 heavy (non-hydrogen) atoms. The minimum absolute atomic E-state index is 0.00360. The standard InChI is InChI=1S/C27H23N3O4S/c1-3-13-34-20-11-10-17(14-16(20)2)24(31)22-23(18-7-6-12-28-15-18)30(26(33)25(22)32)27-29-19-8-4-5-9-21(19)35-27/h4-12,14-15,23,31H,3,13H2,1-2H3/b24-22+. The number of anilines is 1. The molecule has 0 spiro atoms. The monoisotopic (exact) mass is 485 g/mol. The van der Waals surface area contributed by atoms with Crippen LogP contribution >= 0.6 is 11.3 Å². The lowest BCUT2D eigenvalue weighted by Crippen LogP contribution is -2.29. The molecule has 1 unspecified atom stereocenters. The van der Waals surface area contributed by atoms with Crippen molar-refractivity contribution in [3.63, 3.8) is 0 Å². The summed E-state index contributed by atoms with van der Waals surface area (Å²) >= 11 is 1.32. The van der Waals surface area contributed by atoms with Gasteiger partial charge in [0, 0.05) is 18.0 Å². The number of carbonyl (C=O) groups excluding carboxylic acids is 2. The SMILES string of the molecule is CCCOc1ccc(/C(O)=C2\C(=O)C(=O)N(c3nc4ccccc4s3)C2c2cccnc2)cc1C. The van der Waals surface area contributed by atoms with E-state index < -0.39 is 17.7 Å². The van der Waals surface area contributed by atoms with E-state index in [2.05, 4.69) is 9.97 Å². The maximum atomic E-state index is 13.3. The number of pyridine rings is 1. The summed E-state index contributed by atoms with van der Waals surface area (Å²) in [7, 11) is 0.